The van der Waals surface area contributed by atoms with Gasteiger partial charge in [0, 0.05) is 38.3 Å². The van der Waals surface area contributed by atoms with Gasteiger partial charge in [-0.25, -0.2) is 9.18 Å². The van der Waals surface area contributed by atoms with Gasteiger partial charge in [0.25, 0.3) is 0 Å². The van der Waals surface area contributed by atoms with E-state index in [1.807, 2.05) is 0 Å². The third-order valence-electron chi connectivity index (χ3n) is 6.74. The van der Waals surface area contributed by atoms with E-state index in [0.717, 1.165) is 58.3 Å². The second-order valence-electron chi connectivity index (χ2n) is 8.16. The molecule has 1 amide bonds. The maximum absolute atomic E-state index is 13.4. The summed E-state index contributed by atoms with van der Waals surface area (Å²) in [5, 5.41) is 9.12. The van der Waals surface area contributed by atoms with Crippen molar-refractivity contribution < 1.29 is 14.3 Å². The Morgan fingerprint density at radius 3 is 2.26 bits per heavy atom. The summed E-state index contributed by atoms with van der Waals surface area (Å²) < 4.78 is 13.4. The van der Waals surface area contributed by atoms with E-state index in [1.165, 1.54) is 0 Å². The molecule has 3 saturated heterocycles. The monoisotopic (exact) mass is 325 g/mol. The number of alkyl halides is 1. The SMILES string of the molecule is O=C(O)N1CCC2(CC(N3CCC(N4CC[C@@H](F)C4)CC3)C2)C1. The zero-order valence-corrected chi connectivity index (χ0v) is 13.8. The molecule has 1 atom stereocenters. The predicted octanol–water partition coefficient (Wildman–Crippen LogP) is 2.03. The Hall–Kier alpha value is -0.880. The average Bonchev–Trinajstić information content (AvgIpc) is 3.12. The number of amides is 1. The Morgan fingerprint density at radius 2 is 1.70 bits per heavy atom. The second-order valence-corrected chi connectivity index (χ2v) is 8.16. The van der Waals surface area contributed by atoms with Gasteiger partial charge in [-0.05, 0) is 57.0 Å². The largest absolute Gasteiger partial charge is 0.465 e. The number of hydrogen-bond acceptors (Lipinski definition) is 3. The highest BCUT2D eigenvalue weighted by atomic mass is 19.1. The van der Waals surface area contributed by atoms with Gasteiger partial charge in [0.05, 0.1) is 0 Å². The van der Waals surface area contributed by atoms with Gasteiger partial charge in [0.1, 0.15) is 6.17 Å². The first-order valence-electron chi connectivity index (χ1n) is 9.15. The maximum atomic E-state index is 13.4. The van der Waals surface area contributed by atoms with E-state index in [0.29, 0.717) is 31.6 Å². The lowest BCUT2D eigenvalue weighted by molar-refractivity contribution is -0.0138. The van der Waals surface area contributed by atoms with E-state index < -0.39 is 12.3 Å². The first kappa shape index (κ1) is 15.6. The van der Waals surface area contributed by atoms with Crippen LogP contribution in [0, 0.1) is 5.41 Å². The van der Waals surface area contributed by atoms with E-state index in [4.69, 9.17) is 5.11 Å². The number of likely N-dealkylation sites (tertiary alicyclic amines) is 3. The Labute approximate surface area is 137 Å². The van der Waals surface area contributed by atoms with Gasteiger partial charge in [-0.2, -0.15) is 0 Å². The van der Waals surface area contributed by atoms with Crippen molar-refractivity contribution in [2.75, 3.05) is 39.3 Å². The van der Waals surface area contributed by atoms with Gasteiger partial charge < -0.3 is 14.9 Å². The van der Waals surface area contributed by atoms with E-state index in [2.05, 4.69) is 9.80 Å². The Kier molecular flexibility index (Phi) is 4.00. The Bertz CT molecular complexity index is 461. The predicted molar refractivity (Wildman–Crippen MR) is 85.4 cm³/mol. The lowest BCUT2D eigenvalue weighted by Crippen LogP contribution is -2.55. The molecule has 0 bridgehead atoms. The molecule has 0 radical (unpaired) electrons. The van der Waals surface area contributed by atoms with Gasteiger partial charge in [-0.3, -0.25) is 4.90 Å². The quantitative estimate of drug-likeness (QED) is 0.844. The average molecular weight is 325 g/mol. The van der Waals surface area contributed by atoms with E-state index in [-0.39, 0.29) is 5.41 Å². The summed E-state index contributed by atoms with van der Waals surface area (Å²) >= 11 is 0. The normalized spacial score (nSPS) is 40.0. The summed E-state index contributed by atoms with van der Waals surface area (Å²) in [5.74, 6) is 0. The number of piperidine rings is 1. The fourth-order valence-corrected chi connectivity index (χ4v) is 5.32. The molecule has 1 N–H and O–H groups in total. The van der Waals surface area contributed by atoms with Gasteiger partial charge in [0.2, 0.25) is 0 Å². The molecule has 4 aliphatic rings. The molecule has 6 heteroatoms. The topological polar surface area (TPSA) is 47.0 Å². The van der Waals surface area contributed by atoms with Crippen LogP contribution >= 0.6 is 0 Å². The fourth-order valence-electron chi connectivity index (χ4n) is 5.32. The molecule has 23 heavy (non-hydrogen) atoms. The molecule has 0 unspecified atom stereocenters. The molecule has 3 heterocycles. The highest BCUT2D eigenvalue weighted by Crippen LogP contribution is 2.50. The van der Waals surface area contributed by atoms with Gasteiger partial charge in [-0.1, -0.05) is 0 Å². The first-order chi connectivity index (χ1) is 11.0. The molecule has 0 aromatic rings. The number of carbonyl (C=O) groups is 1. The summed E-state index contributed by atoms with van der Waals surface area (Å²) in [6, 6.07) is 1.23. The van der Waals surface area contributed by atoms with Crippen LogP contribution in [0.25, 0.3) is 0 Å². The lowest BCUT2D eigenvalue weighted by Gasteiger charge is -2.52. The molecule has 0 aromatic heterocycles. The third-order valence-corrected chi connectivity index (χ3v) is 6.74. The minimum atomic E-state index is -0.761. The van der Waals surface area contributed by atoms with Crippen LogP contribution < -0.4 is 0 Å². The van der Waals surface area contributed by atoms with Crippen molar-refractivity contribution >= 4 is 6.09 Å². The smallest absolute Gasteiger partial charge is 0.407 e. The number of carboxylic acid groups (broad SMARTS) is 1. The van der Waals surface area contributed by atoms with Gasteiger partial charge in [-0.15, -0.1) is 0 Å². The molecule has 130 valence electrons. The number of halogens is 1. The summed E-state index contributed by atoms with van der Waals surface area (Å²) in [5.41, 5.74) is 0.274. The van der Waals surface area contributed by atoms with Crippen molar-refractivity contribution in [3.63, 3.8) is 0 Å². The van der Waals surface area contributed by atoms with Crippen LogP contribution in [0.5, 0.6) is 0 Å². The van der Waals surface area contributed by atoms with Crippen molar-refractivity contribution in [1.82, 2.24) is 14.7 Å². The summed E-state index contributed by atoms with van der Waals surface area (Å²) in [4.78, 5) is 17.6. The highest BCUT2D eigenvalue weighted by molar-refractivity contribution is 5.65. The highest BCUT2D eigenvalue weighted by Gasteiger charge is 2.51. The minimum Gasteiger partial charge on any atom is -0.465 e. The molecule has 1 spiro atoms. The van der Waals surface area contributed by atoms with Crippen LogP contribution in [0.3, 0.4) is 0 Å². The molecule has 1 saturated carbocycles. The van der Waals surface area contributed by atoms with E-state index >= 15 is 0 Å². The zero-order chi connectivity index (χ0) is 16.0. The van der Waals surface area contributed by atoms with Crippen LogP contribution in [0.4, 0.5) is 9.18 Å². The second kappa shape index (κ2) is 5.88. The van der Waals surface area contributed by atoms with Crippen molar-refractivity contribution in [2.24, 2.45) is 5.41 Å². The molecule has 4 fully saturated rings. The molecule has 4 rings (SSSR count). The number of hydrogen-bond donors (Lipinski definition) is 1. The number of nitrogens with zero attached hydrogens (tertiary/aromatic N) is 3. The maximum Gasteiger partial charge on any atom is 0.407 e. The van der Waals surface area contributed by atoms with Crippen LogP contribution in [0.2, 0.25) is 0 Å². The Balaban J connectivity index is 1.23. The molecular formula is C17H28FN3O2. The minimum absolute atomic E-state index is 0.274. The van der Waals surface area contributed by atoms with Crippen LogP contribution in [-0.4, -0.2) is 83.4 Å². The summed E-state index contributed by atoms with van der Waals surface area (Å²) in [6.07, 6.45) is 5.04. The van der Waals surface area contributed by atoms with Crippen molar-refractivity contribution in [3.05, 3.63) is 0 Å². The summed E-state index contributed by atoms with van der Waals surface area (Å²) in [7, 11) is 0. The fraction of sp³-hybridized carbons (Fsp3) is 0.941. The van der Waals surface area contributed by atoms with Crippen LogP contribution in [0.1, 0.15) is 38.5 Å². The number of rotatable bonds is 2. The Morgan fingerprint density at radius 1 is 1.00 bits per heavy atom. The summed E-state index contributed by atoms with van der Waals surface area (Å²) in [6.45, 7) is 5.28. The molecule has 1 aliphatic carbocycles. The van der Waals surface area contributed by atoms with E-state index in [1.54, 1.807) is 4.90 Å². The van der Waals surface area contributed by atoms with Gasteiger partial charge in [0.15, 0.2) is 0 Å². The molecule has 5 nitrogen and oxygen atoms in total. The van der Waals surface area contributed by atoms with Crippen molar-refractivity contribution in [1.29, 1.82) is 0 Å². The molecular weight excluding hydrogens is 297 g/mol. The van der Waals surface area contributed by atoms with Crippen LogP contribution in [-0.2, 0) is 0 Å². The molecule has 0 aromatic carbocycles. The first-order valence-corrected chi connectivity index (χ1v) is 9.15. The standard InChI is InChI=1S/C17H28FN3O2/c18-13-1-5-20(11-13)14-2-6-19(7-3-14)15-9-17(10-15)4-8-21(12-17)16(22)23/h13-15H,1-12H2,(H,22,23)/t13-,15?,17?/m1/s1. The lowest BCUT2D eigenvalue weighted by atomic mass is 9.64. The zero-order valence-electron chi connectivity index (χ0n) is 13.8. The van der Waals surface area contributed by atoms with Crippen LogP contribution in [0.15, 0.2) is 0 Å². The van der Waals surface area contributed by atoms with Crippen molar-refractivity contribution in [2.45, 2.75) is 56.8 Å². The molecule has 3 aliphatic heterocycles. The van der Waals surface area contributed by atoms with Gasteiger partial charge >= 0.3 is 6.09 Å². The third kappa shape index (κ3) is 2.95. The van der Waals surface area contributed by atoms with E-state index in [9.17, 15) is 9.18 Å². The van der Waals surface area contributed by atoms with Crippen molar-refractivity contribution in [3.8, 4) is 0 Å².